The molecule has 3 nitrogen and oxygen atoms in total. The van der Waals surface area contributed by atoms with E-state index in [1.165, 1.54) is 45.3 Å². The van der Waals surface area contributed by atoms with Crippen molar-refractivity contribution < 1.29 is 4.74 Å². The molecule has 0 aromatic rings. The van der Waals surface area contributed by atoms with Gasteiger partial charge in [-0.25, -0.2) is 0 Å². The molecule has 0 atom stereocenters. The zero-order chi connectivity index (χ0) is 12.9. The topological polar surface area (TPSA) is 24.5 Å². The highest BCUT2D eigenvalue weighted by Crippen LogP contribution is 2.08. The largest absolute Gasteiger partial charge is 0.380 e. The molecule has 1 fully saturated rings. The maximum absolute atomic E-state index is 5.39. The van der Waals surface area contributed by atoms with E-state index in [9.17, 15) is 0 Å². The number of likely N-dealkylation sites (tertiary alicyclic amines) is 1. The maximum Gasteiger partial charge on any atom is 0.0575 e. The average molecular weight is 252 g/mol. The molecule has 0 radical (unpaired) electrons. The number of rotatable bonds is 10. The molecule has 0 aromatic heterocycles. The van der Waals surface area contributed by atoms with Crippen molar-refractivity contribution in [3.05, 3.63) is 0 Å². The standard InChI is InChI=1S/C15H28N2O/c1-2-3-14-18-15-8-10-16-9-7-13-17-11-5-4-6-12-17/h1,16H,3-15H2. The number of terminal acetylenes is 1. The van der Waals surface area contributed by atoms with Crippen LogP contribution < -0.4 is 5.32 Å². The molecule has 1 rings (SSSR count). The summed E-state index contributed by atoms with van der Waals surface area (Å²) in [6.07, 6.45) is 12.4. The van der Waals surface area contributed by atoms with E-state index in [-0.39, 0.29) is 0 Å². The number of hydrogen-bond acceptors (Lipinski definition) is 3. The molecule has 0 bridgehead atoms. The van der Waals surface area contributed by atoms with E-state index in [0.29, 0.717) is 6.61 Å². The molecule has 1 aliphatic rings. The third-order valence-corrected chi connectivity index (χ3v) is 3.31. The van der Waals surface area contributed by atoms with Crippen molar-refractivity contribution in [1.29, 1.82) is 0 Å². The normalized spacial score (nSPS) is 16.6. The van der Waals surface area contributed by atoms with E-state index in [4.69, 9.17) is 11.2 Å². The highest BCUT2D eigenvalue weighted by atomic mass is 16.5. The van der Waals surface area contributed by atoms with E-state index in [0.717, 1.165) is 32.5 Å². The van der Waals surface area contributed by atoms with E-state index in [1.54, 1.807) is 0 Å². The Hall–Kier alpha value is -0.560. The predicted molar refractivity (Wildman–Crippen MR) is 76.7 cm³/mol. The first kappa shape index (κ1) is 15.5. The van der Waals surface area contributed by atoms with Crippen LogP contribution in [0.5, 0.6) is 0 Å². The van der Waals surface area contributed by atoms with Gasteiger partial charge in [0.2, 0.25) is 0 Å². The van der Waals surface area contributed by atoms with Gasteiger partial charge in [-0.2, -0.15) is 0 Å². The van der Waals surface area contributed by atoms with Crippen LogP contribution in [0.1, 0.15) is 38.5 Å². The number of hydrogen-bond donors (Lipinski definition) is 1. The molecule has 0 aliphatic carbocycles. The van der Waals surface area contributed by atoms with Crippen LogP contribution in [0.25, 0.3) is 0 Å². The summed E-state index contributed by atoms with van der Waals surface area (Å²) in [5.41, 5.74) is 0. The third-order valence-electron chi connectivity index (χ3n) is 3.31. The molecule has 104 valence electrons. The summed E-state index contributed by atoms with van der Waals surface area (Å²) in [7, 11) is 0. The molecule has 0 saturated carbocycles. The number of piperidine rings is 1. The van der Waals surface area contributed by atoms with E-state index < -0.39 is 0 Å². The number of ether oxygens (including phenoxy) is 1. The zero-order valence-electron chi connectivity index (χ0n) is 11.6. The number of nitrogens with one attached hydrogen (secondary N) is 1. The fourth-order valence-corrected chi connectivity index (χ4v) is 2.27. The zero-order valence-corrected chi connectivity index (χ0v) is 11.6. The molecule has 0 amide bonds. The molecule has 1 aliphatic heterocycles. The quantitative estimate of drug-likeness (QED) is 0.474. The lowest BCUT2D eigenvalue weighted by molar-refractivity contribution is 0.137. The van der Waals surface area contributed by atoms with Crippen molar-refractivity contribution in [3.8, 4) is 12.3 Å². The molecule has 1 saturated heterocycles. The van der Waals surface area contributed by atoms with E-state index >= 15 is 0 Å². The Morgan fingerprint density at radius 3 is 2.61 bits per heavy atom. The Morgan fingerprint density at radius 1 is 1.06 bits per heavy atom. The predicted octanol–water partition coefficient (Wildman–Crippen LogP) is 1.88. The van der Waals surface area contributed by atoms with Gasteiger partial charge in [-0.3, -0.25) is 0 Å². The number of nitrogens with zero attached hydrogens (tertiary/aromatic N) is 1. The second-order valence-corrected chi connectivity index (χ2v) is 4.93. The van der Waals surface area contributed by atoms with Gasteiger partial charge in [-0.05, 0) is 58.4 Å². The summed E-state index contributed by atoms with van der Waals surface area (Å²) >= 11 is 0. The Labute approximate surface area is 112 Å². The molecule has 1 heterocycles. The van der Waals surface area contributed by atoms with Gasteiger partial charge in [0.1, 0.15) is 0 Å². The van der Waals surface area contributed by atoms with Crippen LogP contribution >= 0.6 is 0 Å². The summed E-state index contributed by atoms with van der Waals surface area (Å²) in [5.74, 6) is 2.57. The van der Waals surface area contributed by atoms with Crippen molar-refractivity contribution in [2.45, 2.75) is 38.5 Å². The summed E-state index contributed by atoms with van der Waals surface area (Å²) < 4.78 is 5.39. The van der Waals surface area contributed by atoms with Crippen LogP contribution in [-0.2, 0) is 4.74 Å². The highest BCUT2D eigenvalue weighted by molar-refractivity contribution is 4.82. The maximum atomic E-state index is 5.39. The summed E-state index contributed by atoms with van der Waals surface area (Å²) in [4.78, 5) is 2.59. The molecule has 0 spiro atoms. The summed E-state index contributed by atoms with van der Waals surface area (Å²) in [6, 6.07) is 0. The van der Waals surface area contributed by atoms with E-state index in [2.05, 4.69) is 16.1 Å². The monoisotopic (exact) mass is 252 g/mol. The minimum atomic E-state index is 0.700. The lowest BCUT2D eigenvalue weighted by atomic mass is 10.1. The van der Waals surface area contributed by atoms with Crippen molar-refractivity contribution in [2.24, 2.45) is 0 Å². The smallest absolute Gasteiger partial charge is 0.0575 e. The minimum absolute atomic E-state index is 0.700. The second-order valence-electron chi connectivity index (χ2n) is 4.93. The molecule has 0 aromatic carbocycles. The van der Waals surface area contributed by atoms with Gasteiger partial charge >= 0.3 is 0 Å². The molecule has 0 unspecified atom stereocenters. The van der Waals surface area contributed by atoms with E-state index in [1.807, 2.05) is 0 Å². The van der Waals surface area contributed by atoms with Crippen LogP contribution in [0.2, 0.25) is 0 Å². The Kier molecular flexibility index (Phi) is 9.92. The van der Waals surface area contributed by atoms with Crippen LogP contribution in [0.3, 0.4) is 0 Å². The Balaban J connectivity index is 1.74. The Bertz CT molecular complexity index is 219. The SMILES string of the molecule is C#CCCOCCCNCCCN1CCCCC1. The van der Waals surface area contributed by atoms with Gasteiger partial charge in [0, 0.05) is 13.0 Å². The molecular weight excluding hydrogens is 224 g/mol. The van der Waals surface area contributed by atoms with Crippen LogP contribution in [0, 0.1) is 12.3 Å². The summed E-state index contributed by atoms with van der Waals surface area (Å²) in [6.45, 7) is 7.57. The fraction of sp³-hybridized carbons (Fsp3) is 0.867. The van der Waals surface area contributed by atoms with Gasteiger partial charge in [0.05, 0.1) is 6.61 Å². The Morgan fingerprint density at radius 2 is 1.83 bits per heavy atom. The van der Waals surface area contributed by atoms with Gasteiger partial charge in [0.15, 0.2) is 0 Å². The van der Waals surface area contributed by atoms with Crippen molar-refractivity contribution >= 4 is 0 Å². The van der Waals surface area contributed by atoms with Gasteiger partial charge in [-0.1, -0.05) is 6.42 Å². The third kappa shape index (κ3) is 8.52. The first-order valence-corrected chi connectivity index (χ1v) is 7.38. The van der Waals surface area contributed by atoms with Crippen molar-refractivity contribution in [3.63, 3.8) is 0 Å². The van der Waals surface area contributed by atoms with Crippen molar-refractivity contribution in [2.75, 3.05) is 45.9 Å². The van der Waals surface area contributed by atoms with Crippen LogP contribution in [0.15, 0.2) is 0 Å². The molecule has 18 heavy (non-hydrogen) atoms. The highest BCUT2D eigenvalue weighted by Gasteiger charge is 2.08. The van der Waals surface area contributed by atoms with Crippen LogP contribution in [-0.4, -0.2) is 50.8 Å². The second kappa shape index (κ2) is 11.5. The van der Waals surface area contributed by atoms with Gasteiger partial charge in [-0.15, -0.1) is 12.3 Å². The van der Waals surface area contributed by atoms with Crippen molar-refractivity contribution in [1.82, 2.24) is 10.2 Å². The average Bonchev–Trinajstić information content (AvgIpc) is 2.42. The van der Waals surface area contributed by atoms with Gasteiger partial charge < -0.3 is 15.0 Å². The van der Waals surface area contributed by atoms with Gasteiger partial charge in [0.25, 0.3) is 0 Å². The first-order chi connectivity index (χ1) is 8.93. The lowest BCUT2D eigenvalue weighted by Crippen LogP contribution is -2.32. The molecule has 1 N–H and O–H groups in total. The fourth-order valence-electron chi connectivity index (χ4n) is 2.27. The first-order valence-electron chi connectivity index (χ1n) is 7.38. The molecular formula is C15H28N2O. The summed E-state index contributed by atoms with van der Waals surface area (Å²) in [5, 5.41) is 3.47. The minimum Gasteiger partial charge on any atom is -0.380 e. The lowest BCUT2D eigenvalue weighted by Gasteiger charge is -2.26. The molecule has 3 heteroatoms. The van der Waals surface area contributed by atoms with Crippen LogP contribution in [0.4, 0.5) is 0 Å².